The number of hydrogen-bond donors (Lipinski definition) is 1. The smallest absolute Gasteiger partial charge is 0.349 e. The fraction of sp³-hybridized carbons (Fsp3) is 0.762. The summed E-state index contributed by atoms with van der Waals surface area (Å²) in [6.07, 6.45) is 3.11. The molecule has 1 amide bonds. The van der Waals surface area contributed by atoms with Gasteiger partial charge in [-0.25, -0.2) is 18.4 Å². The average Bonchev–Trinajstić information content (AvgIpc) is 2.72. The SMILES string of the molecule is CCC1CC2CCCC(Nc3ncc(C(=O)N4CCS(=O)(=O)CC4)c(C(F)(F)F)n3)(C1)C2. The fourth-order valence-electron chi connectivity index (χ4n) is 5.59. The van der Waals surface area contributed by atoms with Crippen molar-refractivity contribution in [3.8, 4) is 0 Å². The second-order valence-electron chi connectivity index (χ2n) is 9.48. The molecule has 1 aliphatic heterocycles. The van der Waals surface area contributed by atoms with E-state index in [2.05, 4.69) is 22.2 Å². The summed E-state index contributed by atoms with van der Waals surface area (Å²) >= 11 is 0. The molecule has 2 saturated carbocycles. The Morgan fingerprint density at radius 1 is 1.28 bits per heavy atom. The minimum absolute atomic E-state index is 0.104. The van der Waals surface area contributed by atoms with Gasteiger partial charge in [0, 0.05) is 24.8 Å². The van der Waals surface area contributed by atoms with Gasteiger partial charge in [-0.15, -0.1) is 0 Å². The molecule has 1 aromatic rings. The highest BCUT2D eigenvalue weighted by atomic mass is 32.2. The fourth-order valence-corrected chi connectivity index (χ4v) is 6.79. The van der Waals surface area contributed by atoms with E-state index in [1.54, 1.807) is 0 Å². The minimum atomic E-state index is -4.84. The molecule has 2 bridgehead atoms. The summed E-state index contributed by atoms with van der Waals surface area (Å²) in [6, 6.07) is 0. The molecular weight excluding hydrogens is 445 g/mol. The van der Waals surface area contributed by atoms with Crippen molar-refractivity contribution < 1.29 is 26.4 Å². The Balaban J connectivity index is 1.60. The number of rotatable bonds is 4. The van der Waals surface area contributed by atoms with E-state index in [1.165, 1.54) is 0 Å². The maximum absolute atomic E-state index is 13.8. The van der Waals surface area contributed by atoms with Gasteiger partial charge in [-0.2, -0.15) is 13.2 Å². The second kappa shape index (κ2) is 8.46. The van der Waals surface area contributed by atoms with Crippen molar-refractivity contribution in [3.63, 3.8) is 0 Å². The van der Waals surface area contributed by atoms with Crippen molar-refractivity contribution in [1.82, 2.24) is 14.9 Å². The Kier molecular flexibility index (Phi) is 6.15. The van der Waals surface area contributed by atoms with Crippen LogP contribution in [0.1, 0.15) is 67.9 Å². The van der Waals surface area contributed by atoms with Crippen molar-refractivity contribution >= 4 is 21.7 Å². The van der Waals surface area contributed by atoms with Gasteiger partial charge in [-0.3, -0.25) is 4.79 Å². The maximum Gasteiger partial charge on any atom is 0.434 e. The topological polar surface area (TPSA) is 92.3 Å². The van der Waals surface area contributed by atoms with Crippen LogP contribution in [0.3, 0.4) is 0 Å². The molecule has 3 atom stereocenters. The van der Waals surface area contributed by atoms with Crippen LogP contribution in [0.4, 0.5) is 19.1 Å². The third kappa shape index (κ3) is 4.87. The Hall–Kier alpha value is -1.91. The van der Waals surface area contributed by atoms with E-state index in [0.717, 1.165) is 56.0 Å². The van der Waals surface area contributed by atoms with E-state index in [-0.39, 0.29) is 36.1 Å². The van der Waals surface area contributed by atoms with Crippen molar-refractivity contribution in [2.45, 2.75) is 63.6 Å². The van der Waals surface area contributed by atoms with Crippen molar-refractivity contribution in [1.29, 1.82) is 0 Å². The molecule has 1 saturated heterocycles. The van der Waals surface area contributed by atoms with Crippen molar-refractivity contribution in [2.24, 2.45) is 11.8 Å². The van der Waals surface area contributed by atoms with E-state index >= 15 is 0 Å². The van der Waals surface area contributed by atoms with Crippen LogP contribution >= 0.6 is 0 Å². The van der Waals surface area contributed by atoms with Gasteiger partial charge in [-0.05, 0) is 37.5 Å². The van der Waals surface area contributed by atoms with Crippen LogP contribution in [0.15, 0.2) is 6.20 Å². The van der Waals surface area contributed by atoms with Gasteiger partial charge in [0.25, 0.3) is 5.91 Å². The largest absolute Gasteiger partial charge is 0.434 e. The monoisotopic (exact) mass is 474 g/mol. The van der Waals surface area contributed by atoms with Crippen LogP contribution in [0, 0.1) is 11.8 Å². The molecule has 2 aliphatic carbocycles. The first-order valence-electron chi connectivity index (χ1n) is 11.2. The van der Waals surface area contributed by atoms with Gasteiger partial charge in [0.05, 0.1) is 17.1 Å². The van der Waals surface area contributed by atoms with Crippen LogP contribution < -0.4 is 5.32 Å². The standard InChI is InChI=1S/C21H29F3N4O3S/c1-2-14-10-15-4-3-5-20(11-14,12-15)27-19-25-13-16(17(26-19)21(22,23)24)18(29)28-6-8-32(30,31)9-7-28/h13-15H,2-12H2,1H3,(H,25,26,27). The zero-order valence-corrected chi connectivity index (χ0v) is 18.9. The van der Waals surface area contributed by atoms with Gasteiger partial charge in [0.1, 0.15) is 0 Å². The molecule has 0 radical (unpaired) electrons. The second-order valence-corrected chi connectivity index (χ2v) is 11.8. The Morgan fingerprint density at radius 2 is 2.00 bits per heavy atom. The quantitative estimate of drug-likeness (QED) is 0.718. The number of anilines is 1. The van der Waals surface area contributed by atoms with Gasteiger partial charge >= 0.3 is 6.18 Å². The minimum Gasteiger partial charge on any atom is -0.349 e. The van der Waals surface area contributed by atoms with Crippen LogP contribution in [0.25, 0.3) is 0 Å². The summed E-state index contributed by atoms with van der Waals surface area (Å²) in [5, 5.41) is 3.23. The number of hydrogen-bond acceptors (Lipinski definition) is 6. The first-order valence-corrected chi connectivity index (χ1v) is 13.0. The summed E-state index contributed by atoms with van der Waals surface area (Å²) in [5.41, 5.74) is -2.23. The van der Waals surface area contributed by atoms with Crippen molar-refractivity contribution in [2.75, 3.05) is 29.9 Å². The molecule has 11 heteroatoms. The molecule has 4 rings (SSSR count). The van der Waals surface area contributed by atoms with Crippen LogP contribution in [0.2, 0.25) is 0 Å². The molecule has 2 heterocycles. The Morgan fingerprint density at radius 3 is 2.66 bits per heavy atom. The number of fused-ring (bicyclic) bond motifs is 2. The van der Waals surface area contributed by atoms with E-state index in [4.69, 9.17) is 0 Å². The molecule has 32 heavy (non-hydrogen) atoms. The summed E-state index contributed by atoms with van der Waals surface area (Å²) < 4.78 is 64.7. The third-order valence-electron chi connectivity index (χ3n) is 7.17. The first-order chi connectivity index (χ1) is 15.0. The molecule has 7 nitrogen and oxygen atoms in total. The van der Waals surface area contributed by atoms with Crippen molar-refractivity contribution in [3.05, 3.63) is 17.5 Å². The lowest BCUT2D eigenvalue weighted by atomic mass is 9.63. The number of halogens is 3. The summed E-state index contributed by atoms with van der Waals surface area (Å²) in [7, 11) is -3.27. The number of sulfone groups is 1. The molecule has 3 unspecified atom stereocenters. The average molecular weight is 475 g/mol. The van der Waals surface area contributed by atoms with Gasteiger partial charge in [0.15, 0.2) is 15.5 Å². The number of aromatic nitrogens is 2. The first kappa shape index (κ1) is 23.3. The molecule has 3 aliphatic rings. The lowest BCUT2D eigenvalue weighted by Crippen LogP contribution is -2.48. The molecular formula is C21H29F3N4O3S. The van der Waals surface area contributed by atoms with Gasteiger partial charge in [0.2, 0.25) is 5.95 Å². The number of nitrogens with zero attached hydrogens (tertiary/aromatic N) is 3. The lowest BCUT2D eigenvalue weighted by Gasteiger charge is -2.48. The predicted octanol–water partition coefficient (Wildman–Crippen LogP) is 3.53. The van der Waals surface area contributed by atoms with Crippen LogP contribution in [-0.4, -0.2) is 59.3 Å². The molecule has 0 aromatic carbocycles. The molecule has 178 valence electrons. The highest BCUT2D eigenvalue weighted by Crippen LogP contribution is 2.47. The van der Waals surface area contributed by atoms with E-state index in [1.807, 2.05) is 0 Å². The maximum atomic E-state index is 13.8. The third-order valence-corrected chi connectivity index (χ3v) is 8.78. The van der Waals surface area contributed by atoms with E-state index < -0.39 is 33.2 Å². The summed E-state index contributed by atoms with van der Waals surface area (Å²) in [6.45, 7) is 1.87. The predicted molar refractivity (Wildman–Crippen MR) is 113 cm³/mol. The highest BCUT2D eigenvalue weighted by molar-refractivity contribution is 7.91. The number of alkyl halides is 3. The van der Waals surface area contributed by atoms with Crippen LogP contribution in [0.5, 0.6) is 0 Å². The number of nitrogens with one attached hydrogen (secondary N) is 1. The zero-order chi connectivity index (χ0) is 23.1. The lowest BCUT2D eigenvalue weighted by molar-refractivity contribution is -0.141. The zero-order valence-electron chi connectivity index (χ0n) is 18.1. The normalized spacial score (nSPS) is 30.1. The van der Waals surface area contributed by atoms with E-state index in [9.17, 15) is 26.4 Å². The summed E-state index contributed by atoms with van der Waals surface area (Å²) in [4.78, 5) is 21.7. The number of carbonyl (C=O) groups excluding carboxylic acids is 1. The number of carbonyl (C=O) groups is 1. The molecule has 3 fully saturated rings. The Labute approximate surface area is 186 Å². The highest BCUT2D eigenvalue weighted by Gasteiger charge is 2.44. The molecule has 1 N–H and O–H groups in total. The number of amides is 1. The van der Waals surface area contributed by atoms with Gasteiger partial charge < -0.3 is 10.2 Å². The van der Waals surface area contributed by atoms with Gasteiger partial charge in [-0.1, -0.05) is 26.2 Å². The summed E-state index contributed by atoms with van der Waals surface area (Å²) in [5.74, 6) is -0.426. The van der Waals surface area contributed by atoms with E-state index in [0.29, 0.717) is 11.8 Å². The Bertz CT molecular complexity index is 971. The molecule has 0 spiro atoms. The van der Waals surface area contributed by atoms with Crippen LogP contribution in [-0.2, 0) is 16.0 Å². The molecule has 1 aromatic heterocycles.